The Hall–Kier alpha value is -4.02. The van der Waals surface area contributed by atoms with Crippen LogP contribution in [-0.2, 0) is 5.75 Å². The topological polar surface area (TPSA) is 85.5 Å². The van der Waals surface area contributed by atoms with Crippen LogP contribution >= 0.6 is 23.1 Å². The molecule has 0 spiro atoms. The quantitative estimate of drug-likeness (QED) is 0.187. The lowest BCUT2D eigenvalue weighted by Gasteiger charge is -2.22. The van der Waals surface area contributed by atoms with Gasteiger partial charge in [-0.3, -0.25) is 14.5 Å². The third kappa shape index (κ3) is 4.25. The number of rotatable bonds is 6. The minimum absolute atomic E-state index is 0.0675. The van der Waals surface area contributed by atoms with E-state index in [1.165, 1.54) is 52.8 Å². The number of carbonyl (C=O) groups excluding carboxylic acids is 1. The third-order valence-electron chi connectivity index (χ3n) is 6.33. The van der Waals surface area contributed by atoms with Gasteiger partial charge in [0.25, 0.3) is 5.91 Å². The Morgan fingerprint density at radius 3 is 2.68 bits per heavy atom. The van der Waals surface area contributed by atoms with Gasteiger partial charge in [0.2, 0.25) is 10.9 Å². The van der Waals surface area contributed by atoms with E-state index < -0.39 is 23.2 Å². The van der Waals surface area contributed by atoms with E-state index in [0.29, 0.717) is 26.5 Å². The van der Waals surface area contributed by atoms with Gasteiger partial charge in [0, 0.05) is 5.75 Å². The monoisotopic (exact) mass is 545 g/mol. The first-order valence-electron chi connectivity index (χ1n) is 11.7. The van der Waals surface area contributed by atoms with Gasteiger partial charge in [-0.2, -0.15) is 0 Å². The molecule has 0 bridgehead atoms. The summed E-state index contributed by atoms with van der Waals surface area (Å²) in [5.74, 6) is 0.0853. The predicted octanol–water partition coefficient (Wildman–Crippen LogP) is 6.14. The zero-order chi connectivity index (χ0) is 26.4. The molecule has 1 aliphatic rings. The van der Waals surface area contributed by atoms with Gasteiger partial charge in [0.15, 0.2) is 9.77 Å². The molecule has 1 amide bonds. The average Bonchev–Trinajstić information content (AvgIpc) is 3.51. The zero-order valence-corrected chi connectivity index (χ0v) is 21.9. The maximum Gasteiger partial charge on any atom is 0.297 e. The van der Waals surface area contributed by atoms with E-state index in [4.69, 9.17) is 9.15 Å². The molecule has 190 valence electrons. The molecule has 1 atom stereocenters. The smallest absolute Gasteiger partial charge is 0.297 e. The standard InChI is InChI=1S/C28H20FN3O4S2/c1-15-6-8-16(9-7-15)14-37-28-31-30-27(38-28)32-23(17-4-3-5-19(12-17)35-2)22-24(33)20-13-18(29)10-11-21(20)36-25(22)26(32)34/h3-13,23H,14H2,1-2H3/t23-/m0/s1. The van der Waals surface area contributed by atoms with Gasteiger partial charge >= 0.3 is 0 Å². The van der Waals surface area contributed by atoms with E-state index in [-0.39, 0.29) is 22.3 Å². The van der Waals surface area contributed by atoms with Crippen molar-refractivity contribution < 1.29 is 18.3 Å². The van der Waals surface area contributed by atoms with Crippen LogP contribution in [0, 0.1) is 12.7 Å². The largest absolute Gasteiger partial charge is 0.497 e. The fourth-order valence-electron chi connectivity index (χ4n) is 4.46. The van der Waals surface area contributed by atoms with Crippen molar-refractivity contribution in [3.63, 3.8) is 0 Å². The number of aromatic nitrogens is 2. The number of amides is 1. The van der Waals surface area contributed by atoms with Gasteiger partial charge in [0.05, 0.1) is 24.1 Å². The Morgan fingerprint density at radius 2 is 1.89 bits per heavy atom. The molecule has 0 unspecified atom stereocenters. The molecule has 7 nitrogen and oxygen atoms in total. The number of nitrogens with zero attached hydrogens (tertiary/aromatic N) is 3. The van der Waals surface area contributed by atoms with Gasteiger partial charge in [-0.25, -0.2) is 4.39 Å². The van der Waals surface area contributed by atoms with Gasteiger partial charge in [-0.1, -0.05) is 65.1 Å². The molecule has 6 rings (SSSR count). The van der Waals surface area contributed by atoms with E-state index in [2.05, 4.69) is 34.5 Å². The summed E-state index contributed by atoms with van der Waals surface area (Å²) in [6.07, 6.45) is 0. The molecule has 10 heteroatoms. The molecule has 5 aromatic rings. The van der Waals surface area contributed by atoms with Gasteiger partial charge in [-0.15, -0.1) is 10.2 Å². The number of ether oxygens (including phenoxy) is 1. The number of aryl methyl sites for hydroxylation is 1. The van der Waals surface area contributed by atoms with Crippen molar-refractivity contribution in [3.8, 4) is 5.75 Å². The normalized spacial score (nSPS) is 14.8. The number of carbonyl (C=O) groups is 1. The molecule has 0 aliphatic carbocycles. The molecular weight excluding hydrogens is 525 g/mol. The summed E-state index contributed by atoms with van der Waals surface area (Å²) in [5.41, 5.74) is 2.76. The molecule has 38 heavy (non-hydrogen) atoms. The minimum atomic E-state index is -0.848. The number of thioether (sulfide) groups is 1. The van der Waals surface area contributed by atoms with Crippen LogP contribution in [0.25, 0.3) is 11.0 Å². The molecule has 0 fully saturated rings. The van der Waals surface area contributed by atoms with Crippen molar-refractivity contribution in [3.05, 3.63) is 111 Å². The molecule has 2 aromatic heterocycles. The van der Waals surface area contributed by atoms with E-state index in [9.17, 15) is 14.0 Å². The maximum absolute atomic E-state index is 14.0. The summed E-state index contributed by atoms with van der Waals surface area (Å²) in [6, 6.07) is 18.2. The van der Waals surface area contributed by atoms with Crippen LogP contribution in [0.3, 0.4) is 0 Å². The predicted molar refractivity (Wildman–Crippen MR) is 145 cm³/mol. The lowest BCUT2D eigenvalue weighted by Crippen LogP contribution is -2.29. The summed E-state index contributed by atoms with van der Waals surface area (Å²) in [7, 11) is 1.54. The summed E-state index contributed by atoms with van der Waals surface area (Å²) in [5, 5.41) is 9.00. The van der Waals surface area contributed by atoms with Crippen LogP contribution in [-0.4, -0.2) is 23.2 Å². The highest BCUT2D eigenvalue weighted by molar-refractivity contribution is 8.00. The van der Waals surface area contributed by atoms with Crippen molar-refractivity contribution in [2.75, 3.05) is 12.0 Å². The Bertz CT molecular complexity index is 1750. The number of halogens is 1. The van der Waals surface area contributed by atoms with Gasteiger partial charge in [0.1, 0.15) is 17.1 Å². The molecule has 3 aromatic carbocycles. The van der Waals surface area contributed by atoms with Crippen LogP contribution in [0.15, 0.2) is 80.3 Å². The van der Waals surface area contributed by atoms with Gasteiger partial charge < -0.3 is 9.15 Å². The summed E-state index contributed by atoms with van der Waals surface area (Å²) < 4.78 is 26.0. The molecule has 0 saturated heterocycles. The van der Waals surface area contributed by atoms with E-state index in [1.54, 1.807) is 24.3 Å². The third-order valence-corrected chi connectivity index (χ3v) is 8.45. The Kier molecular flexibility index (Phi) is 6.21. The van der Waals surface area contributed by atoms with E-state index in [1.807, 2.05) is 6.92 Å². The highest BCUT2D eigenvalue weighted by atomic mass is 32.2. The number of benzene rings is 3. The minimum Gasteiger partial charge on any atom is -0.497 e. The van der Waals surface area contributed by atoms with Gasteiger partial charge in [-0.05, 0) is 48.4 Å². The molecular formula is C28H20FN3O4S2. The second-order valence-electron chi connectivity index (χ2n) is 8.79. The van der Waals surface area contributed by atoms with Crippen molar-refractivity contribution in [2.24, 2.45) is 0 Å². The van der Waals surface area contributed by atoms with Crippen molar-refractivity contribution in [1.29, 1.82) is 0 Å². The first-order valence-corrected chi connectivity index (χ1v) is 13.5. The van der Waals surface area contributed by atoms with E-state index >= 15 is 0 Å². The van der Waals surface area contributed by atoms with Crippen LogP contribution in [0.2, 0.25) is 0 Å². The second kappa shape index (κ2) is 9.70. The Morgan fingerprint density at radius 1 is 1.08 bits per heavy atom. The highest BCUT2D eigenvalue weighted by Gasteiger charge is 2.45. The van der Waals surface area contributed by atoms with Crippen molar-refractivity contribution >= 4 is 45.1 Å². The lowest BCUT2D eigenvalue weighted by atomic mass is 9.98. The van der Waals surface area contributed by atoms with Crippen LogP contribution in [0.1, 0.15) is 38.9 Å². The number of hydrogen-bond acceptors (Lipinski definition) is 8. The number of fused-ring (bicyclic) bond motifs is 2. The lowest BCUT2D eigenvalue weighted by molar-refractivity contribution is 0.0970. The molecule has 0 saturated carbocycles. The van der Waals surface area contributed by atoms with Crippen LogP contribution in [0.5, 0.6) is 5.75 Å². The fraction of sp³-hybridized carbons (Fsp3) is 0.143. The fourth-order valence-corrected chi connectivity index (χ4v) is 6.28. The summed E-state index contributed by atoms with van der Waals surface area (Å²) in [4.78, 5) is 28.8. The first-order chi connectivity index (χ1) is 18.4. The Balaban J connectivity index is 1.44. The van der Waals surface area contributed by atoms with E-state index in [0.717, 1.165) is 11.6 Å². The second-order valence-corrected chi connectivity index (χ2v) is 11.0. The SMILES string of the molecule is COc1cccc([C@H]2c3c(oc4ccc(F)cc4c3=O)C(=O)N2c2nnc(SCc3ccc(C)cc3)s2)c1. The molecule has 3 heterocycles. The van der Waals surface area contributed by atoms with Crippen molar-refractivity contribution in [2.45, 2.75) is 23.1 Å². The Labute approximate surface area is 224 Å². The number of hydrogen-bond donors (Lipinski definition) is 0. The molecule has 1 aliphatic heterocycles. The summed E-state index contributed by atoms with van der Waals surface area (Å²) in [6.45, 7) is 2.04. The maximum atomic E-state index is 14.0. The zero-order valence-electron chi connectivity index (χ0n) is 20.3. The molecule has 0 radical (unpaired) electrons. The molecule has 0 N–H and O–H groups in total. The van der Waals surface area contributed by atoms with Crippen molar-refractivity contribution in [1.82, 2.24) is 10.2 Å². The first kappa shape index (κ1) is 24.3. The van der Waals surface area contributed by atoms with Crippen LogP contribution in [0.4, 0.5) is 9.52 Å². The number of methoxy groups -OCH3 is 1. The average molecular weight is 546 g/mol. The highest BCUT2D eigenvalue weighted by Crippen LogP contribution is 2.43. The number of anilines is 1. The summed E-state index contributed by atoms with van der Waals surface area (Å²) >= 11 is 2.77. The van der Waals surface area contributed by atoms with Crippen LogP contribution < -0.4 is 15.1 Å².